The summed E-state index contributed by atoms with van der Waals surface area (Å²) in [5.41, 5.74) is 4.42. The van der Waals surface area contributed by atoms with E-state index < -0.39 is 17.1 Å². The number of nitrogens with zero attached hydrogens (tertiary/aromatic N) is 3. The Labute approximate surface area is 114 Å². The van der Waals surface area contributed by atoms with Crippen LogP contribution in [-0.2, 0) is 8.85 Å². The molecule has 0 unspecified atom stereocenters. The third-order valence-corrected chi connectivity index (χ3v) is 10.7. The highest BCUT2D eigenvalue weighted by Crippen LogP contribution is 2.17. The van der Waals surface area contributed by atoms with Gasteiger partial charge < -0.3 is 22.5 Å². The Balaban J connectivity index is 5.43. The first-order valence-electron chi connectivity index (χ1n) is 5.99. The van der Waals surface area contributed by atoms with Crippen LogP contribution in [0.1, 0.15) is 0 Å². The molecule has 0 amide bonds. The minimum absolute atomic E-state index is 1.71. The SMILES string of the molecule is CO[Si](C)(C=C[Si](N(C)C)(N(C)C)N(C)C)OC. The van der Waals surface area contributed by atoms with E-state index >= 15 is 0 Å². The maximum atomic E-state index is 5.52. The van der Waals surface area contributed by atoms with Gasteiger partial charge in [0.25, 0.3) is 0 Å². The molecule has 0 aromatic carbocycles. The largest absolute Gasteiger partial charge is 0.395 e. The predicted molar refractivity (Wildman–Crippen MR) is 81.6 cm³/mol. The van der Waals surface area contributed by atoms with Crippen LogP contribution in [0.3, 0.4) is 0 Å². The molecule has 0 aliphatic carbocycles. The van der Waals surface area contributed by atoms with Crippen LogP contribution in [0.2, 0.25) is 6.55 Å². The zero-order valence-corrected chi connectivity index (χ0v) is 15.3. The van der Waals surface area contributed by atoms with Crippen molar-refractivity contribution in [2.45, 2.75) is 6.55 Å². The lowest BCUT2D eigenvalue weighted by atomic mass is 11.2. The fraction of sp³-hybridized carbons (Fsp3) is 0.818. The summed E-state index contributed by atoms with van der Waals surface area (Å²) in [6.07, 6.45) is 0. The van der Waals surface area contributed by atoms with Crippen LogP contribution >= 0.6 is 0 Å². The third-order valence-electron chi connectivity index (χ3n) is 3.39. The molecule has 0 saturated carbocycles. The molecule has 0 atom stereocenters. The van der Waals surface area contributed by atoms with Gasteiger partial charge >= 0.3 is 17.1 Å². The van der Waals surface area contributed by atoms with Crippen LogP contribution in [0, 0.1) is 0 Å². The van der Waals surface area contributed by atoms with Gasteiger partial charge in [-0.05, 0) is 54.5 Å². The summed E-state index contributed by atoms with van der Waals surface area (Å²) in [5.74, 6) is 0. The summed E-state index contributed by atoms with van der Waals surface area (Å²) in [6.45, 7) is 2.05. The van der Waals surface area contributed by atoms with Gasteiger partial charge in [0.2, 0.25) is 0 Å². The first-order valence-corrected chi connectivity index (χ1v) is 10.3. The van der Waals surface area contributed by atoms with Crippen molar-refractivity contribution in [2.24, 2.45) is 0 Å². The van der Waals surface area contributed by atoms with Crippen molar-refractivity contribution in [2.75, 3.05) is 56.5 Å². The van der Waals surface area contributed by atoms with Crippen LogP contribution in [0.5, 0.6) is 0 Å². The molecule has 0 heterocycles. The van der Waals surface area contributed by atoms with E-state index in [4.69, 9.17) is 8.85 Å². The minimum atomic E-state index is -2.17. The molecule has 18 heavy (non-hydrogen) atoms. The molecule has 0 saturated heterocycles. The molecule has 0 bridgehead atoms. The van der Waals surface area contributed by atoms with Crippen LogP contribution in [0.15, 0.2) is 11.4 Å². The van der Waals surface area contributed by atoms with E-state index in [1.165, 1.54) is 0 Å². The smallest absolute Gasteiger partial charge is 0.360 e. The van der Waals surface area contributed by atoms with Crippen molar-refractivity contribution in [1.29, 1.82) is 0 Å². The van der Waals surface area contributed by atoms with Crippen molar-refractivity contribution >= 4 is 17.1 Å². The lowest BCUT2D eigenvalue weighted by molar-refractivity contribution is 0.264. The lowest BCUT2D eigenvalue weighted by Crippen LogP contribution is -2.69. The summed E-state index contributed by atoms with van der Waals surface area (Å²) < 4.78 is 17.9. The molecule has 0 aliphatic heterocycles. The van der Waals surface area contributed by atoms with E-state index in [9.17, 15) is 0 Å². The molecule has 7 heteroatoms. The van der Waals surface area contributed by atoms with Crippen LogP contribution < -0.4 is 0 Å². The normalized spacial score (nSPS) is 14.4. The maximum Gasteiger partial charge on any atom is 0.360 e. The van der Waals surface area contributed by atoms with Crippen molar-refractivity contribution in [3.05, 3.63) is 11.4 Å². The summed E-state index contributed by atoms with van der Waals surface area (Å²) in [4.78, 5) is 0. The van der Waals surface area contributed by atoms with Crippen molar-refractivity contribution in [3.8, 4) is 0 Å². The van der Waals surface area contributed by atoms with E-state index in [1.54, 1.807) is 14.2 Å². The second kappa shape index (κ2) is 6.94. The van der Waals surface area contributed by atoms with Gasteiger partial charge in [-0.3, -0.25) is 0 Å². The topological polar surface area (TPSA) is 28.2 Å². The second-order valence-corrected chi connectivity index (χ2v) is 12.7. The molecule has 0 aliphatic rings. The first-order chi connectivity index (χ1) is 8.16. The van der Waals surface area contributed by atoms with E-state index in [2.05, 4.69) is 67.4 Å². The van der Waals surface area contributed by atoms with Gasteiger partial charge in [0.1, 0.15) is 0 Å². The molecule has 0 fully saturated rings. The molecular formula is C11H29N3O2Si2. The highest BCUT2D eigenvalue weighted by atomic mass is 28.4. The highest BCUT2D eigenvalue weighted by Gasteiger charge is 2.41. The van der Waals surface area contributed by atoms with Gasteiger partial charge in [0.05, 0.1) is 0 Å². The van der Waals surface area contributed by atoms with Gasteiger partial charge in [-0.15, -0.1) is 0 Å². The minimum Gasteiger partial charge on any atom is -0.395 e. The van der Waals surface area contributed by atoms with Crippen molar-refractivity contribution in [3.63, 3.8) is 0 Å². The van der Waals surface area contributed by atoms with E-state index in [-0.39, 0.29) is 0 Å². The van der Waals surface area contributed by atoms with Crippen molar-refractivity contribution < 1.29 is 8.85 Å². The summed E-state index contributed by atoms with van der Waals surface area (Å²) in [6, 6.07) is 0. The molecule has 108 valence electrons. The van der Waals surface area contributed by atoms with Gasteiger partial charge in [-0.1, -0.05) is 5.70 Å². The Morgan fingerprint density at radius 3 is 1.28 bits per heavy atom. The molecule has 0 rings (SSSR count). The average molecular weight is 292 g/mol. The maximum absolute atomic E-state index is 5.52. The monoisotopic (exact) mass is 291 g/mol. The molecule has 0 aromatic heterocycles. The first kappa shape index (κ1) is 18.0. The predicted octanol–water partition coefficient (Wildman–Crippen LogP) is 0.610. The molecular weight excluding hydrogens is 262 g/mol. The number of hydrogen-bond donors (Lipinski definition) is 0. The zero-order chi connectivity index (χ0) is 14.6. The van der Waals surface area contributed by atoms with Gasteiger partial charge in [0, 0.05) is 14.2 Å². The van der Waals surface area contributed by atoms with Gasteiger partial charge in [-0.25, -0.2) is 0 Å². The van der Waals surface area contributed by atoms with Gasteiger partial charge in [-0.2, -0.15) is 0 Å². The summed E-state index contributed by atoms with van der Waals surface area (Å²) >= 11 is 0. The summed E-state index contributed by atoms with van der Waals surface area (Å²) in [7, 11) is 12.0. The van der Waals surface area contributed by atoms with Gasteiger partial charge in [0.15, 0.2) is 0 Å². The van der Waals surface area contributed by atoms with E-state index in [1.807, 2.05) is 6.55 Å². The second-order valence-electron chi connectivity index (χ2n) is 5.13. The fourth-order valence-corrected chi connectivity index (χ4v) is 7.97. The van der Waals surface area contributed by atoms with Crippen LogP contribution in [0.25, 0.3) is 0 Å². The number of rotatable bonds is 7. The Bertz CT molecular complexity index is 258. The lowest BCUT2D eigenvalue weighted by Gasteiger charge is -2.44. The standard InChI is InChI=1S/C11H29N3O2Si2/c1-12(2)18(13(3)4,14(5)6)11-10-17(9,15-7)16-8/h10-11H,1-9H3. The Hall–Kier alpha value is -0.0262. The Morgan fingerprint density at radius 2 is 1.06 bits per heavy atom. The zero-order valence-electron chi connectivity index (χ0n) is 13.3. The average Bonchev–Trinajstić information content (AvgIpc) is 2.28. The Kier molecular flexibility index (Phi) is 6.93. The molecule has 0 N–H and O–H groups in total. The van der Waals surface area contributed by atoms with Crippen molar-refractivity contribution in [1.82, 2.24) is 13.7 Å². The Morgan fingerprint density at radius 1 is 0.722 bits per heavy atom. The molecule has 0 radical (unpaired) electrons. The fourth-order valence-electron chi connectivity index (χ4n) is 2.13. The third kappa shape index (κ3) is 3.73. The quantitative estimate of drug-likeness (QED) is 0.641. The van der Waals surface area contributed by atoms with E-state index in [0.29, 0.717) is 0 Å². The van der Waals surface area contributed by atoms with Crippen LogP contribution in [0.4, 0.5) is 0 Å². The van der Waals surface area contributed by atoms with Crippen LogP contribution in [-0.4, -0.2) is 87.3 Å². The molecule has 0 aromatic rings. The van der Waals surface area contributed by atoms with E-state index in [0.717, 1.165) is 0 Å². The number of hydrogen-bond acceptors (Lipinski definition) is 5. The molecule has 0 spiro atoms. The molecule has 5 nitrogen and oxygen atoms in total. The summed E-state index contributed by atoms with van der Waals surface area (Å²) in [5, 5.41) is 0. The highest BCUT2D eigenvalue weighted by molar-refractivity contribution is 6.80.